The number of methoxy groups -OCH3 is 1. The normalized spacial score (nSPS) is 17.4. The molecule has 1 heterocycles. The molecule has 120 valence electrons. The maximum absolute atomic E-state index is 11.9. The number of carbonyl (C=O) groups excluding carboxylic acids is 2. The zero-order chi connectivity index (χ0) is 15.8. The van der Waals surface area contributed by atoms with Gasteiger partial charge in [-0.1, -0.05) is 6.07 Å². The molecule has 0 saturated carbocycles. The summed E-state index contributed by atoms with van der Waals surface area (Å²) in [6, 6.07) is 6.64. The van der Waals surface area contributed by atoms with E-state index in [2.05, 4.69) is 20.7 Å². The summed E-state index contributed by atoms with van der Waals surface area (Å²) in [4.78, 5) is 23.0. The van der Waals surface area contributed by atoms with Gasteiger partial charge in [0.1, 0.15) is 0 Å². The number of hydrogen-bond donors (Lipinski definition) is 3. The van der Waals surface area contributed by atoms with Gasteiger partial charge in [0.05, 0.1) is 7.11 Å². The van der Waals surface area contributed by atoms with Gasteiger partial charge >= 0.3 is 12.1 Å². The van der Waals surface area contributed by atoms with E-state index in [4.69, 9.17) is 0 Å². The van der Waals surface area contributed by atoms with Gasteiger partial charge in [0.15, 0.2) is 0 Å². The van der Waals surface area contributed by atoms with Crippen LogP contribution in [0.15, 0.2) is 24.3 Å². The second-order valence-electron chi connectivity index (χ2n) is 4.60. The minimum atomic E-state index is -0.548. The van der Waals surface area contributed by atoms with Crippen LogP contribution >= 0.6 is 23.5 Å². The number of anilines is 2. The standard InChI is InChI=1S/C14H19N3O3S2/c1-20-14(19)17-11-4-2-3-10(7-11)16-13(18)15-8-12-9-21-5-6-22-12/h2-4,7,12H,5-6,8-9H2,1H3,(H,17,19)(H2,15,16,18). The molecule has 0 aliphatic carbocycles. The molecule has 1 aromatic rings. The molecule has 3 amide bonds. The van der Waals surface area contributed by atoms with Crippen LogP contribution in [0.2, 0.25) is 0 Å². The molecule has 6 nitrogen and oxygen atoms in total. The van der Waals surface area contributed by atoms with Gasteiger partial charge in [-0.05, 0) is 18.2 Å². The van der Waals surface area contributed by atoms with Gasteiger partial charge in [-0.2, -0.15) is 23.5 Å². The third-order valence-electron chi connectivity index (χ3n) is 2.93. The SMILES string of the molecule is COC(=O)Nc1cccc(NC(=O)NCC2CSCCS2)c1. The molecule has 0 radical (unpaired) electrons. The monoisotopic (exact) mass is 341 g/mol. The molecule has 1 aromatic carbocycles. The van der Waals surface area contributed by atoms with E-state index in [9.17, 15) is 9.59 Å². The van der Waals surface area contributed by atoms with Crippen molar-refractivity contribution in [3.63, 3.8) is 0 Å². The molecule has 2 rings (SSSR count). The lowest BCUT2D eigenvalue weighted by Gasteiger charge is -2.21. The molecular formula is C14H19N3O3S2. The molecule has 3 N–H and O–H groups in total. The van der Waals surface area contributed by atoms with Crippen molar-refractivity contribution < 1.29 is 14.3 Å². The van der Waals surface area contributed by atoms with Crippen LogP contribution in [-0.4, -0.2) is 48.3 Å². The average Bonchev–Trinajstić information content (AvgIpc) is 2.54. The lowest BCUT2D eigenvalue weighted by molar-refractivity contribution is 0.187. The first-order valence-electron chi connectivity index (χ1n) is 6.86. The molecule has 1 aliphatic rings. The Kier molecular flexibility index (Phi) is 6.73. The van der Waals surface area contributed by atoms with Gasteiger partial charge in [-0.15, -0.1) is 0 Å². The van der Waals surface area contributed by atoms with Crippen molar-refractivity contribution >= 4 is 47.0 Å². The van der Waals surface area contributed by atoms with E-state index in [1.54, 1.807) is 24.3 Å². The van der Waals surface area contributed by atoms with Gasteiger partial charge < -0.3 is 15.4 Å². The predicted octanol–water partition coefficient (Wildman–Crippen LogP) is 2.84. The number of hydrogen-bond acceptors (Lipinski definition) is 5. The molecule has 1 aliphatic heterocycles. The van der Waals surface area contributed by atoms with E-state index in [-0.39, 0.29) is 6.03 Å². The number of nitrogens with one attached hydrogen (secondary N) is 3. The van der Waals surface area contributed by atoms with E-state index in [1.165, 1.54) is 12.9 Å². The molecule has 1 atom stereocenters. The maximum atomic E-state index is 11.9. The minimum absolute atomic E-state index is 0.244. The highest BCUT2D eigenvalue weighted by molar-refractivity contribution is 8.06. The summed E-state index contributed by atoms with van der Waals surface area (Å²) in [6.45, 7) is 0.656. The number of ether oxygens (including phenoxy) is 1. The number of carbonyl (C=O) groups is 2. The molecule has 0 bridgehead atoms. The summed E-state index contributed by atoms with van der Waals surface area (Å²) < 4.78 is 4.53. The summed E-state index contributed by atoms with van der Waals surface area (Å²) >= 11 is 3.82. The fourth-order valence-corrected chi connectivity index (χ4v) is 4.49. The van der Waals surface area contributed by atoms with Crippen LogP contribution in [0.1, 0.15) is 0 Å². The molecule has 1 saturated heterocycles. The van der Waals surface area contributed by atoms with E-state index >= 15 is 0 Å². The number of benzene rings is 1. The first kappa shape index (κ1) is 16.8. The fraction of sp³-hybridized carbons (Fsp3) is 0.429. The van der Waals surface area contributed by atoms with Crippen molar-refractivity contribution in [1.82, 2.24) is 5.32 Å². The summed E-state index contributed by atoms with van der Waals surface area (Å²) in [6.07, 6.45) is -0.548. The van der Waals surface area contributed by atoms with Crippen molar-refractivity contribution in [1.29, 1.82) is 0 Å². The van der Waals surface area contributed by atoms with Crippen molar-refractivity contribution in [2.45, 2.75) is 5.25 Å². The molecule has 22 heavy (non-hydrogen) atoms. The van der Waals surface area contributed by atoms with E-state index < -0.39 is 6.09 Å². The summed E-state index contributed by atoms with van der Waals surface area (Å²) in [5.74, 6) is 3.40. The lowest BCUT2D eigenvalue weighted by Crippen LogP contribution is -2.36. The van der Waals surface area contributed by atoms with Crippen LogP contribution in [0.25, 0.3) is 0 Å². The Hall–Kier alpha value is -1.54. The average molecular weight is 341 g/mol. The van der Waals surface area contributed by atoms with Gasteiger partial charge in [0.2, 0.25) is 0 Å². The zero-order valence-corrected chi connectivity index (χ0v) is 13.9. The smallest absolute Gasteiger partial charge is 0.411 e. The van der Waals surface area contributed by atoms with E-state index in [0.29, 0.717) is 23.2 Å². The Morgan fingerprint density at radius 2 is 2.05 bits per heavy atom. The molecular weight excluding hydrogens is 322 g/mol. The summed E-state index contributed by atoms with van der Waals surface area (Å²) in [5, 5.41) is 8.65. The molecule has 8 heteroatoms. The topological polar surface area (TPSA) is 79.5 Å². The third kappa shape index (κ3) is 5.69. The van der Waals surface area contributed by atoms with Crippen molar-refractivity contribution in [2.24, 2.45) is 0 Å². The minimum Gasteiger partial charge on any atom is -0.453 e. The molecule has 1 unspecified atom stereocenters. The fourth-order valence-electron chi connectivity index (χ4n) is 1.88. The van der Waals surface area contributed by atoms with Crippen LogP contribution in [0.3, 0.4) is 0 Å². The number of rotatable bonds is 4. The Morgan fingerprint density at radius 1 is 1.27 bits per heavy atom. The molecule has 1 fully saturated rings. The van der Waals surface area contributed by atoms with Crippen LogP contribution in [0.5, 0.6) is 0 Å². The van der Waals surface area contributed by atoms with Crippen LogP contribution in [0, 0.1) is 0 Å². The maximum Gasteiger partial charge on any atom is 0.411 e. The van der Waals surface area contributed by atoms with E-state index in [1.807, 2.05) is 23.5 Å². The van der Waals surface area contributed by atoms with Crippen molar-refractivity contribution in [3.05, 3.63) is 24.3 Å². The second kappa shape index (κ2) is 8.79. The van der Waals surface area contributed by atoms with Gasteiger partial charge in [-0.3, -0.25) is 5.32 Å². The van der Waals surface area contributed by atoms with Crippen LogP contribution in [0.4, 0.5) is 21.0 Å². The lowest BCUT2D eigenvalue weighted by atomic mass is 10.3. The summed E-state index contributed by atoms with van der Waals surface area (Å²) in [5.41, 5.74) is 1.17. The first-order valence-corrected chi connectivity index (χ1v) is 9.07. The zero-order valence-electron chi connectivity index (χ0n) is 12.3. The number of urea groups is 1. The summed E-state index contributed by atoms with van der Waals surface area (Å²) in [7, 11) is 1.30. The predicted molar refractivity (Wildman–Crippen MR) is 93.1 cm³/mol. The van der Waals surface area contributed by atoms with Gasteiger partial charge in [0, 0.05) is 40.4 Å². The Bertz CT molecular complexity index is 522. The van der Waals surface area contributed by atoms with Crippen molar-refractivity contribution in [3.8, 4) is 0 Å². The molecule has 0 spiro atoms. The first-order chi connectivity index (χ1) is 10.7. The van der Waals surface area contributed by atoms with Crippen molar-refractivity contribution in [2.75, 3.05) is 41.5 Å². The highest BCUT2D eigenvalue weighted by atomic mass is 32.2. The molecule has 0 aromatic heterocycles. The second-order valence-corrected chi connectivity index (χ2v) is 7.16. The number of thioether (sulfide) groups is 2. The van der Waals surface area contributed by atoms with Gasteiger partial charge in [-0.25, -0.2) is 9.59 Å². The van der Waals surface area contributed by atoms with Crippen LogP contribution in [-0.2, 0) is 4.74 Å². The number of amides is 3. The largest absolute Gasteiger partial charge is 0.453 e. The third-order valence-corrected chi connectivity index (χ3v) is 5.77. The Morgan fingerprint density at radius 3 is 2.73 bits per heavy atom. The highest BCUT2D eigenvalue weighted by Gasteiger charge is 2.15. The van der Waals surface area contributed by atoms with Gasteiger partial charge in [0.25, 0.3) is 0 Å². The van der Waals surface area contributed by atoms with Crippen LogP contribution < -0.4 is 16.0 Å². The highest BCUT2D eigenvalue weighted by Crippen LogP contribution is 2.23. The Labute approximate surface area is 138 Å². The van der Waals surface area contributed by atoms with E-state index in [0.717, 1.165) is 11.5 Å². The quantitative estimate of drug-likeness (QED) is 0.785. The Balaban J connectivity index is 1.80.